The summed E-state index contributed by atoms with van der Waals surface area (Å²) in [5, 5.41) is 35.6. The summed E-state index contributed by atoms with van der Waals surface area (Å²) in [6, 6.07) is 143. The predicted molar refractivity (Wildman–Crippen MR) is 495 cm³/mol. The largest absolute Gasteiger partial charge is 0.497 e. The molecule has 2 heterocycles. The standard InChI is InChI=1S/4C18H15P.C12H11ClN2O.C7H8BClO3.C5H5IN2.Pd/c4*1-4-10-16(11-5-1)19(17-12-6-2-7-13-17)18-14-8-3-9-15-18;1-16-12-3-2-8(13)6-9(12)10-7-15-5-4-11(10)14;1-12-7-3-2-5(9)4-6(7)8(10)11;6-4-3-8-2-1-5(4)7;/h4*1-15H;2-7H,1H3,(H2,14,15);2-4,10-11H,1H3;1-3H,(H2,7,8);. The van der Waals surface area contributed by atoms with Gasteiger partial charge in [0.1, 0.15) is 11.5 Å². The smallest absolute Gasteiger partial charge is 0.492 e. The molecule has 16 rings (SSSR count). The minimum atomic E-state index is -1.56. The molecule has 113 heavy (non-hydrogen) atoms. The first-order valence-electron chi connectivity index (χ1n) is 35.9. The van der Waals surface area contributed by atoms with Crippen LogP contribution in [0.4, 0.5) is 11.4 Å². The van der Waals surface area contributed by atoms with Crippen molar-refractivity contribution >= 4 is 165 Å². The number of hydrogen-bond acceptors (Lipinski definition) is 8. The maximum Gasteiger partial charge on any atom is 0.492 e. The van der Waals surface area contributed by atoms with E-state index in [4.69, 9.17) is 54.2 Å². The molecule has 566 valence electrons. The van der Waals surface area contributed by atoms with E-state index in [-0.39, 0.29) is 25.9 Å². The van der Waals surface area contributed by atoms with Crippen LogP contribution in [-0.2, 0) is 20.4 Å². The van der Waals surface area contributed by atoms with Crippen molar-refractivity contribution in [2.75, 3.05) is 25.7 Å². The second-order valence-electron chi connectivity index (χ2n) is 24.3. The van der Waals surface area contributed by atoms with Crippen molar-refractivity contribution in [2.24, 2.45) is 0 Å². The Balaban J connectivity index is 0.000000153. The zero-order valence-electron chi connectivity index (χ0n) is 62.1. The van der Waals surface area contributed by atoms with Crippen LogP contribution in [0.1, 0.15) is 0 Å². The van der Waals surface area contributed by atoms with Gasteiger partial charge in [-0.2, -0.15) is 0 Å². The first-order valence-corrected chi connectivity index (χ1v) is 43.1. The third kappa shape index (κ3) is 27.2. The second-order valence-corrected chi connectivity index (χ2v) is 35.2. The molecule has 16 aromatic rings. The normalized spacial score (nSPS) is 10.2. The average Bonchev–Trinajstić information content (AvgIpc) is 0.834. The van der Waals surface area contributed by atoms with Gasteiger partial charge < -0.3 is 31.0 Å². The molecule has 0 saturated heterocycles. The molecule has 0 aliphatic rings. The Morgan fingerprint density at radius 2 is 0.513 bits per heavy atom. The van der Waals surface area contributed by atoms with Gasteiger partial charge in [0.25, 0.3) is 0 Å². The summed E-state index contributed by atoms with van der Waals surface area (Å²) in [6.07, 6.45) is 6.76. The Hall–Kier alpha value is -9.74. The van der Waals surface area contributed by atoms with Gasteiger partial charge in [0.05, 0.1) is 17.8 Å². The molecule has 0 radical (unpaired) electrons. The van der Waals surface area contributed by atoms with E-state index in [0.29, 0.717) is 21.5 Å². The number of halogens is 3. The first kappa shape index (κ1) is 87.2. The number of pyridine rings is 2. The average molecular weight is 1800 g/mol. The first-order chi connectivity index (χ1) is 55.0. The van der Waals surface area contributed by atoms with Crippen LogP contribution < -0.4 is 90.1 Å². The molecule has 0 bridgehead atoms. The fraction of sp³-hybridized carbons (Fsp3) is 0.0208. The fourth-order valence-corrected chi connectivity index (χ4v) is 21.4. The minimum Gasteiger partial charge on any atom is -0.497 e. The molecule has 0 amide bonds. The van der Waals surface area contributed by atoms with Crippen LogP contribution in [-0.4, -0.2) is 41.4 Å². The van der Waals surface area contributed by atoms with Crippen molar-refractivity contribution in [3.8, 4) is 22.6 Å². The maximum atomic E-state index is 8.88. The Morgan fingerprint density at radius 3 is 0.717 bits per heavy atom. The summed E-state index contributed by atoms with van der Waals surface area (Å²) in [5.74, 6) is 1.14. The molecule has 8 nitrogen and oxygen atoms in total. The van der Waals surface area contributed by atoms with Gasteiger partial charge in [-0.25, -0.2) is 0 Å². The zero-order valence-corrected chi connectivity index (χ0v) is 70.9. The predicted octanol–water partition coefficient (Wildman–Crippen LogP) is 18.1. The van der Waals surface area contributed by atoms with Crippen LogP contribution in [0, 0.1) is 3.57 Å². The Bertz CT molecular complexity index is 4450. The summed E-state index contributed by atoms with van der Waals surface area (Å²) >= 11 is 13.7. The van der Waals surface area contributed by atoms with E-state index in [0.717, 1.165) is 26.1 Å². The molecule has 0 saturated carbocycles. The van der Waals surface area contributed by atoms with E-state index in [1.54, 1.807) is 62.2 Å². The number of nitrogens with two attached hydrogens (primary N) is 2. The molecule has 14 aromatic carbocycles. The van der Waals surface area contributed by atoms with E-state index in [9.17, 15) is 0 Å². The van der Waals surface area contributed by atoms with Gasteiger partial charge in [-0.3, -0.25) is 9.97 Å². The van der Waals surface area contributed by atoms with E-state index in [2.05, 4.69) is 397 Å². The number of nitrogen functional groups attached to an aromatic ring is 2. The minimum absolute atomic E-state index is 0. The molecule has 0 atom stereocenters. The number of benzene rings is 14. The Kier molecular flexibility index (Phi) is 37.3. The van der Waals surface area contributed by atoms with Crippen LogP contribution in [0.15, 0.2) is 437 Å². The molecule has 0 unspecified atom stereocenters. The molecule has 17 heteroatoms. The number of aromatic nitrogens is 2. The molecule has 6 N–H and O–H groups in total. The van der Waals surface area contributed by atoms with E-state index < -0.39 is 38.8 Å². The Labute approximate surface area is 708 Å². The summed E-state index contributed by atoms with van der Waals surface area (Å²) < 4.78 is 11.2. The van der Waals surface area contributed by atoms with Gasteiger partial charge in [-0.15, -0.1) is 0 Å². The zero-order chi connectivity index (χ0) is 78.3. The van der Waals surface area contributed by atoms with Gasteiger partial charge in [0.15, 0.2) is 0 Å². The summed E-state index contributed by atoms with van der Waals surface area (Å²) in [5.41, 5.74) is 14.7. The summed E-state index contributed by atoms with van der Waals surface area (Å²) in [7, 11) is -0.277. The van der Waals surface area contributed by atoms with Crippen molar-refractivity contribution < 1.29 is 39.9 Å². The molecular weight excluding hydrogens is 1710 g/mol. The van der Waals surface area contributed by atoms with E-state index >= 15 is 0 Å². The number of anilines is 2. The number of methoxy groups -OCH3 is 2. The molecular formula is C96H84BCl2IN4O4P4Pd. The van der Waals surface area contributed by atoms with Crippen LogP contribution >= 0.6 is 77.5 Å². The van der Waals surface area contributed by atoms with Crippen LogP contribution in [0.5, 0.6) is 11.5 Å². The van der Waals surface area contributed by atoms with Crippen molar-refractivity contribution in [1.82, 2.24) is 9.97 Å². The molecule has 0 spiro atoms. The number of hydrogen-bond donors (Lipinski definition) is 4. The maximum absolute atomic E-state index is 8.88. The fourth-order valence-electron chi connectivity index (χ4n) is 11.5. The SMILES string of the molecule is COc1ccc(Cl)cc1-c1cnccc1N.COc1ccc(Cl)cc1B(O)O.Nc1ccncc1I.[Pd].c1ccc(P(c2ccccc2)c2ccccc2)cc1.c1ccc(P(c2ccccc2)c2ccccc2)cc1.c1ccc(P(c2ccccc2)c2ccccc2)cc1.c1ccc(P(c2ccccc2)c2ccccc2)cc1. The van der Waals surface area contributed by atoms with Crippen LogP contribution in [0.3, 0.4) is 0 Å². The Morgan fingerprint density at radius 1 is 0.292 bits per heavy atom. The quantitative estimate of drug-likeness (QED) is 0.0427. The third-order valence-electron chi connectivity index (χ3n) is 16.8. The van der Waals surface area contributed by atoms with Crippen molar-refractivity contribution in [3.05, 3.63) is 451 Å². The molecule has 0 fully saturated rings. The van der Waals surface area contributed by atoms with E-state index in [1.807, 2.05) is 12.1 Å². The van der Waals surface area contributed by atoms with Crippen molar-refractivity contribution in [2.45, 2.75) is 0 Å². The van der Waals surface area contributed by atoms with Crippen LogP contribution in [0.25, 0.3) is 11.1 Å². The second kappa shape index (κ2) is 48.3. The van der Waals surface area contributed by atoms with Crippen molar-refractivity contribution in [3.63, 3.8) is 0 Å². The van der Waals surface area contributed by atoms with Crippen LogP contribution in [0.2, 0.25) is 10.0 Å². The van der Waals surface area contributed by atoms with E-state index in [1.165, 1.54) is 76.8 Å². The topological polar surface area (TPSA) is 137 Å². The number of nitrogens with zero attached hydrogens (tertiary/aromatic N) is 2. The van der Waals surface area contributed by atoms with Gasteiger partial charge >= 0.3 is 7.12 Å². The molecule has 0 aliphatic heterocycles. The van der Waals surface area contributed by atoms with Gasteiger partial charge in [-0.05, 0) is 166 Å². The molecule has 2 aromatic heterocycles. The third-order valence-corrected chi connectivity index (χ3v) is 27.9. The van der Waals surface area contributed by atoms with Crippen molar-refractivity contribution in [1.29, 1.82) is 0 Å². The van der Waals surface area contributed by atoms with Gasteiger partial charge in [0.2, 0.25) is 0 Å². The summed E-state index contributed by atoms with van der Waals surface area (Å²) in [4.78, 5) is 7.91. The number of ether oxygens (including phenoxy) is 2. The summed E-state index contributed by atoms with van der Waals surface area (Å²) in [6.45, 7) is 0. The monoisotopic (exact) mass is 1790 g/mol. The molecule has 0 aliphatic carbocycles. The number of rotatable bonds is 16. The van der Waals surface area contributed by atoms with Gasteiger partial charge in [-0.1, -0.05) is 387 Å². The van der Waals surface area contributed by atoms with Gasteiger partial charge in [0, 0.05) is 83.2 Å².